The zero-order valence-electron chi connectivity index (χ0n) is 16.9. The molecule has 3 aromatic rings. The molecule has 150 valence electrons. The molecule has 0 fully saturated rings. The fourth-order valence-corrected chi connectivity index (χ4v) is 2.85. The van der Waals surface area contributed by atoms with Crippen molar-refractivity contribution in [2.75, 3.05) is 24.9 Å². The third kappa shape index (κ3) is 4.82. The molecule has 0 atom stereocenters. The molecular formula is C22H24N4O3. The van der Waals surface area contributed by atoms with Crippen LogP contribution in [0.25, 0.3) is 0 Å². The second kappa shape index (κ2) is 9.05. The van der Waals surface area contributed by atoms with E-state index in [1.54, 1.807) is 25.3 Å². The topological polar surface area (TPSA) is 85.4 Å². The first-order chi connectivity index (χ1) is 14.0. The van der Waals surface area contributed by atoms with E-state index in [4.69, 9.17) is 9.47 Å². The Morgan fingerprint density at radius 3 is 2.34 bits per heavy atom. The summed E-state index contributed by atoms with van der Waals surface area (Å²) in [6.07, 6.45) is 2.96. The van der Waals surface area contributed by atoms with Gasteiger partial charge in [-0.25, -0.2) is 9.97 Å². The number of nitrogens with one attached hydrogen (secondary N) is 2. The van der Waals surface area contributed by atoms with Crippen molar-refractivity contribution in [3.63, 3.8) is 0 Å². The minimum absolute atomic E-state index is 0.331. The summed E-state index contributed by atoms with van der Waals surface area (Å²) in [6.45, 7) is 4.25. The highest BCUT2D eigenvalue weighted by atomic mass is 16.5. The predicted molar refractivity (Wildman–Crippen MR) is 113 cm³/mol. The van der Waals surface area contributed by atoms with Crippen molar-refractivity contribution >= 4 is 23.2 Å². The van der Waals surface area contributed by atoms with Gasteiger partial charge in [0.15, 0.2) is 0 Å². The third-order valence-electron chi connectivity index (χ3n) is 4.40. The Kier molecular flexibility index (Phi) is 6.29. The molecule has 0 aliphatic rings. The monoisotopic (exact) mass is 392 g/mol. The number of rotatable bonds is 7. The summed E-state index contributed by atoms with van der Waals surface area (Å²) in [6, 6.07) is 13.2. The van der Waals surface area contributed by atoms with Crippen molar-refractivity contribution in [1.82, 2.24) is 9.97 Å². The van der Waals surface area contributed by atoms with Crippen LogP contribution in [0.3, 0.4) is 0 Å². The first kappa shape index (κ1) is 20.1. The van der Waals surface area contributed by atoms with Crippen LogP contribution < -0.4 is 20.1 Å². The quantitative estimate of drug-likeness (QED) is 0.611. The average Bonchev–Trinajstić information content (AvgIpc) is 2.74. The van der Waals surface area contributed by atoms with E-state index in [0.717, 1.165) is 5.69 Å². The highest BCUT2D eigenvalue weighted by Gasteiger charge is 2.13. The molecule has 7 heteroatoms. The number of ether oxygens (including phenoxy) is 2. The summed E-state index contributed by atoms with van der Waals surface area (Å²) in [5, 5.41) is 6.01. The maximum Gasteiger partial charge on any atom is 0.258 e. The lowest BCUT2D eigenvalue weighted by Gasteiger charge is -2.14. The lowest BCUT2D eigenvalue weighted by Crippen LogP contribution is -2.14. The molecule has 0 aliphatic carbocycles. The van der Waals surface area contributed by atoms with E-state index in [1.807, 2.05) is 18.2 Å². The minimum Gasteiger partial charge on any atom is -0.497 e. The Morgan fingerprint density at radius 2 is 1.69 bits per heavy atom. The molecule has 0 radical (unpaired) electrons. The Morgan fingerprint density at radius 1 is 0.966 bits per heavy atom. The summed E-state index contributed by atoms with van der Waals surface area (Å²) in [5.41, 5.74) is 2.95. The number of carbonyl (C=O) groups is 1. The van der Waals surface area contributed by atoms with Gasteiger partial charge < -0.3 is 20.1 Å². The zero-order valence-corrected chi connectivity index (χ0v) is 16.9. The molecule has 0 saturated heterocycles. The summed E-state index contributed by atoms with van der Waals surface area (Å²) < 4.78 is 10.5. The molecule has 7 nitrogen and oxygen atoms in total. The van der Waals surface area contributed by atoms with Crippen LogP contribution in [-0.4, -0.2) is 30.1 Å². The Labute approximate surface area is 170 Å². The van der Waals surface area contributed by atoms with Gasteiger partial charge >= 0.3 is 0 Å². The molecule has 0 unspecified atom stereocenters. The van der Waals surface area contributed by atoms with Crippen LogP contribution in [0.4, 0.5) is 17.3 Å². The van der Waals surface area contributed by atoms with Crippen molar-refractivity contribution in [2.45, 2.75) is 19.8 Å². The van der Waals surface area contributed by atoms with Crippen LogP contribution >= 0.6 is 0 Å². The van der Waals surface area contributed by atoms with Crippen molar-refractivity contribution in [2.24, 2.45) is 0 Å². The van der Waals surface area contributed by atoms with Crippen molar-refractivity contribution in [3.05, 3.63) is 66.0 Å². The van der Waals surface area contributed by atoms with Crippen molar-refractivity contribution in [1.29, 1.82) is 0 Å². The number of amides is 1. The number of benzene rings is 2. The summed E-state index contributed by atoms with van der Waals surface area (Å²) in [5.74, 6) is 1.59. The van der Waals surface area contributed by atoms with Gasteiger partial charge in [-0.2, -0.15) is 0 Å². The van der Waals surface area contributed by atoms with Crippen LogP contribution in [0.1, 0.15) is 35.7 Å². The Hall–Kier alpha value is -3.61. The smallest absolute Gasteiger partial charge is 0.258 e. The largest absolute Gasteiger partial charge is 0.497 e. The van der Waals surface area contributed by atoms with Crippen LogP contribution in [0, 0.1) is 0 Å². The van der Waals surface area contributed by atoms with Crippen molar-refractivity contribution in [3.8, 4) is 11.5 Å². The van der Waals surface area contributed by atoms with Crippen LogP contribution in [0.15, 0.2) is 54.9 Å². The second-order valence-electron chi connectivity index (χ2n) is 6.68. The van der Waals surface area contributed by atoms with Gasteiger partial charge in [0.2, 0.25) is 5.95 Å². The average molecular weight is 392 g/mol. The summed E-state index contributed by atoms with van der Waals surface area (Å²) in [4.78, 5) is 21.1. The van der Waals surface area contributed by atoms with Crippen LogP contribution in [0.2, 0.25) is 0 Å². The van der Waals surface area contributed by atoms with Gasteiger partial charge in [0.1, 0.15) is 11.5 Å². The Balaban J connectivity index is 1.75. The molecular weight excluding hydrogens is 368 g/mol. The molecule has 0 spiro atoms. The van der Waals surface area contributed by atoms with Gasteiger partial charge in [0, 0.05) is 24.1 Å². The molecule has 0 aliphatic heterocycles. The van der Waals surface area contributed by atoms with E-state index in [9.17, 15) is 4.79 Å². The SMILES string of the molecule is COc1ccc(OC)c(NC(=O)c2cnc(Nc3ccccc3C(C)C)nc2)c1. The van der Waals surface area contributed by atoms with E-state index < -0.39 is 0 Å². The lowest BCUT2D eigenvalue weighted by atomic mass is 10.0. The fourth-order valence-electron chi connectivity index (χ4n) is 2.85. The molecule has 0 bridgehead atoms. The van der Waals surface area contributed by atoms with Crippen LogP contribution in [-0.2, 0) is 0 Å². The summed E-state index contributed by atoms with van der Waals surface area (Å²) in [7, 11) is 3.10. The van der Waals surface area contributed by atoms with E-state index in [-0.39, 0.29) is 5.91 Å². The number of carbonyl (C=O) groups excluding carboxylic acids is 1. The van der Waals surface area contributed by atoms with Crippen LogP contribution in [0.5, 0.6) is 11.5 Å². The fraction of sp³-hybridized carbons (Fsp3) is 0.227. The molecule has 2 N–H and O–H groups in total. The Bertz CT molecular complexity index is 988. The molecule has 1 heterocycles. The first-order valence-electron chi connectivity index (χ1n) is 9.23. The predicted octanol–water partition coefficient (Wildman–Crippen LogP) is 4.61. The minimum atomic E-state index is -0.342. The van der Waals surface area contributed by atoms with Gasteiger partial charge in [-0.3, -0.25) is 4.79 Å². The number of hydrogen-bond acceptors (Lipinski definition) is 6. The number of hydrogen-bond donors (Lipinski definition) is 2. The second-order valence-corrected chi connectivity index (χ2v) is 6.68. The third-order valence-corrected chi connectivity index (χ3v) is 4.40. The van der Waals surface area contributed by atoms with Gasteiger partial charge in [-0.15, -0.1) is 0 Å². The molecule has 0 saturated carbocycles. The van der Waals surface area contributed by atoms with E-state index in [0.29, 0.717) is 34.6 Å². The number of aromatic nitrogens is 2. The maximum absolute atomic E-state index is 12.6. The number of nitrogens with zero attached hydrogens (tertiary/aromatic N) is 2. The van der Waals surface area contributed by atoms with Gasteiger partial charge in [-0.05, 0) is 29.7 Å². The maximum atomic E-state index is 12.6. The lowest BCUT2D eigenvalue weighted by molar-refractivity contribution is 0.102. The normalized spacial score (nSPS) is 10.5. The zero-order chi connectivity index (χ0) is 20.8. The van der Waals surface area contributed by atoms with E-state index in [2.05, 4.69) is 40.5 Å². The van der Waals surface area contributed by atoms with Gasteiger partial charge in [0.05, 0.1) is 25.5 Å². The highest BCUT2D eigenvalue weighted by Crippen LogP contribution is 2.29. The van der Waals surface area contributed by atoms with Gasteiger partial charge in [0.25, 0.3) is 5.91 Å². The van der Waals surface area contributed by atoms with Crippen molar-refractivity contribution < 1.29 is 14.3 Å². The van der Waals surface area contributed by atoms with Gasteiger partial charge in [-0.1, -0.05) is 32.0 Å². The molecule has 29 heavy (non-hydrogen) atoms. The van der Waals surface area contributed by atoms with E-state index >= 15 is 0 Å². The molecule has 1 aromatic heterocycles. The summed E-state index contributed by atoms with van der Waals surface area (Å²) >= 11 is 0. The number of anilines is 3. The molecule has 3 rings (SSSR count). The number of para-hydroxylation sites is 1. The first-order valence-corrected chi connectivity index (χ1v) is 9.23. The number of methoxy groups -OCH3 is 2. The highest BCUT2D eigenvalue weighted by molar-refractivity contribution is 6.04. The van der Waals surface area contributed by atoms with E-state index in [1.165, 1.54) is 25.1 Å². The standard InChI is InChI=1S/C22H24N4O3/c1-14(2)17-7-5-6-8-18(17)26-22-23-12-15(13-24-22)21(27)25-19-11-16(28-3)9-10-20(19)29-4/h5-14H,1-4H3,(H,25,27)(H,23,24,26). The molecule has 2 aromatic carbocycles. The molecule has 1 amide bonds.